The predicted molar refractivity (Wildman–Crippen MR) is 86.5 cm³/mol. The maximum Gasteiger partial charge on any atom is 0.276 e. The second-order valence-electron chi connectivity index (χ2n) is 5.00. The molecule has 0 N–H and O–H groups in total. The Kier molecular flexibility index (Phi) is 4.63. The summed E-state index contributed by atoms with van der Waals surface area (Å²) in [6.07, 6.45) is 0. The van der Waals surface area contributed by atoms with Gasteiger partial charge in [0.2, 0.25) is 0 Å². The quantitative estimate of drug-likeness (QED) is 0.432. The minimum absolute atomic E-state index is 0.0744. The molecule has 0 fully saturated rings. The summed E-state index contributed by atoms with van der Waals surface area (Å²) in [5.41, 5.74) is 3.74. The van der Waals surface area contributed by atoms with Crippen LogP contribution in [0.4, 0.5) is 5.69 Å². The maximum atomic E-state index is 11.0. The molecule has 5 heteroatoms. The van der Waals surface area contributed by atoms with E-state index in [1.165, 1.54) is 6.07 Å². The van der Waals surface area contributed by atoms with Crippen LogP contribution < -0.4 is 4.74 Å². The third kappa shape index (κ3) is 3.42. The Morgan fingerprint density at radius 3 is 2.29 bits per heavy atom. The largest absolute Gasteiger partial charge is 0.457 e. The summed E-state index contributed by atoms with van der Waals surface area (Å²) >= 11 is 3.41. The van der Waals surface area contributed by atoms with E-state index in [2.05, 4.69) is 15.9 Å². The monoisotopic (exact) mass is 349 g/mol. The molecule has 2 aromatic rings. The first-order chi connectivity index (χ1) is 9.92. The molecule has 2 aromatic carbocycles. The summed E-state index contributed by atoms with van der Waals surface area (Å²) in [4.78, 5) is 10.6. The average molecular weight is 350 g/mol. The van der Waals surface area contributed by atoms with Gasteiger partial charge in [-0.25, -0.2) is 0 Å². The van der Waals surface area contributed by atoms with Crippen molar-refractivity contribution in [3.05, 3.63) is 62.7 Å². The number of hydrogen-bond acceptors (Lipinski definition) is 3. The molecule has 0 aliphatic heterocycles. The van der Waals surface area contributed by atoms with Crippen LogP contribution in [0.25, 0.3) is 0 Å². The van der Waals surface area contributed by atoms with E-state index in [0.29, 0.717) is 17.1 Å². The highest BCUT2D eigenvalue weighted by Crippen LogP contribution is 2.33. The highest BCUT2D eigenvalue weighted by atomic mass is 79.9. The number of benzene rings is 2. The molecule has 0 amide bonds. The van der Waals surface area contributed by atoms with Crippen LogP contribution in [-0.4, -0.2) is 4.92 Å². The fraction of sp³-hybridized carbons (Fsp3) is 0.250. The Balaban J connectivity index is 2.39. The highest BCUT2D eigenvalue weighted by Gasteiger charge is 2.15. The van der Waals surface area contributed by atoms with Crippen molar-refractivity contribution in [2.75, 3.05) is 0 Å². The van der Waals surface area contributed by atoms with Gasteiger partial charge in [-0.3, -0.25) is 10.1 Å². The molecule has 4 nitrogen and oxygen atoms in total. The van der Waals surface area contributed by atoms with Crippen LogP contribution in [0.3, 0.4) is 0 Å². The van der Waals surface area contributed by atoms with Crippen molar-refractivity contribution in [3.63, 3.8) is 0 Å². The van der Waals surface area contributed by atoms with Crippen molar-refractivity contribution in [1.29, 1.82) is 0 Å². The zero-order valence-corrected chi connectivity index (χ0v) is 13.7. The second-order valence-corrected chi connectivity index (χ2v) is 5.56. The number of ether oxygens (including phenoxy) is 1. The third-order valence-electron chi connectivity index (χ3n) is 3.30. The molecule has 0 radical (unpaired) electrons. The van der Waals surface area contributed by atoms with Crippen molar-refractivity contribution in [2.24, 2.45) is 0 Å². The molecule has 0 aromatic heterocycles. The topological polar surface area (TPSA) is 52.4 Å². The van der Waals surface area contributed by atoms with E-state index in [0.717, 1.165) is 22.0 Å². The smallest absolute Gasteiger partial charge is 0.276 e. The van der Waals surface area contributed by atoms with E-state index in [1.54, 1.807) is 13.0 Å². The number of nitro groups is 1. The molecule has 110 valence electrons. The van der Waals surface area contributed by atoms with Gasteiger partial charge in [-0.2, -0.15) is 0 Å². The molecule has 0 bridgehead atoms. The van der Waals surface area contributed by atoms with Crippen molar-refractivity contribution in [3.8, 4) is 11.5 Å². The number of alkyl halides is 1. The number of nitrogens with zero attached hydrogens (tertiary/aromatic N) is 1. The number of nitro benzene ring substituents is 1. The molecule has 0 aliphatic carbocycles. The van der Waals surface area contributed by atoms with Gasteiger partial charge in [0.05, 0.1) is 11.0 Å². The van der Waals surface area contributed by atoms with E-state index in [1.807, 2.05) is 32.0 Å². The van der Waals surface area contributed by atoms with Crippen LogP contribution in [0.5, 0.6) is 11.5 Å². The van der Waals surface area contributed by atoms with Gasteiger partial charge in [0, 0.05) is 10.9 Å². The Hall–Kier alpha value is -1.88. The molecule has 0 heterocycles. The molecule has 0 unspecified atom stereocenters. The summed E-state index contributed by atoms with van der Waals surface area (Å²) in [5, 5.41) is 11.8. The van der Waals surface area contributed by atoms with Crippen LogP contribution in [0.2, 0.25) is 0 Å². The predicted octanol–water partition coefficient (Wildman–Crippen LogP) is 5.21. The lowest BCUT2D eigenvalue weighted by molar-refractivity contribution is -0.385. The summed E-state index contributed by atoms with van der Waals surface area (Å²) in [7, 11) is 0. The second kappa shape index (κ2) is 6.26. The van der Waals surface area contributed by atoms with Gasteiger partial charge in [-0.15, -0.1) is 0 Å². The van der Waals surface area contributed by atoms with Gasteiger partial charge >= 0.3 is 0 Å². The third-order valence-corrected chi connectivity index (χ3v) is 3.95. The van der Waals surface area contributed by atoms with E-state index in [9.17, 15) is 10.1 Å². The Morgan fingerprint density at radius 2 is 1.71 bits per heavy atom. The van der Waals surface area contributed by atoms with Crippen molar-refractivity contribution in [1.82, 2.24) is 0 Å². The number of aryl methyl sites for hydroxylation is 3. The molecule has 0 aliphatic rings. The zero-order valence-electron chi connectivity index (χ0n) is 12.1. The van der Waals surface area contributed by atoms with Crippen molar-refractivity contribution < 1.29 is 9.66 Å². The lowest BCUT2D eigenvalue weighted by Gasteiger charge is -2.12. The summed E-state index contributed by atoms with van der Waals surface area (Å²) in [5.74, 6) is 1.22. The van der Waals surface area contributed by atoms with Gasteiger partial charge in [-0.1, -0.05) is 28.1 Å². The molecule has 0 saturated carbocycles. The maximum absolute atomic E-state index is 11.0. The van der Waals surface area contributed by atoms with Gasteiger partial charge in [0.15, 0.2) is 0 Å². The normalized spacial score (nSPS) is 10.5. The van der Waals surface area contributed by atoms with E-state index in [-0.39, 0.29) is 10.6 Å². The lowest BCUT2D eigenvalue weighted by atomic mass is 10.1. The lowest BCUT2D eigenvalue weighted by Crippen LogP contribution is -1.96. The Morgan fingerprint density at radius 1 is 1.05 bits per heavy atom. The molecular weight excluding hydrogens is 334 g/mol. The molecule has 0 saturated heterocycles. The SMILES string of the molecule is Cc1cc(CBr)ccc1Oc1cc([N+](=O)[O-])c(C)cc1C. The Labute approximate surface area is 132 Å². The minimum atomic E-state index is -0.386. The van der Waals surface area contributed by atoms with Crippen LogP contribution >= 0.6 is 15.9 Å². The van der Waals surface area contributed by atoms with E-state index < -0.39 is 0 Å². The molecule has 2 rings (SSSR count). The molecule has 21 heavy (non-hydrogen) atoms. The first-order valence-electron chi connectivity index (χ1n) is 6.51. The summed E-state index contributed by atoms with van der Waals surface area (Å²) < 4.78 is 5.87. The van der Waals surface area contributed by atoms with Gasteiger partial charge in [0.25, 0.3) is 5.69 Å². The number of rotatable bonds is 4. The van der Waals surface area contributed by atoms with E-state index >= 15 is 0 Å². The van der Waals surface area contributed by atoms with Gasteiger partial charge in [0.1, 0.15) is 11.5 Å². The van der Waals surface area contributed by atoms with Crippen molar-refractivity contribution in [2.45, 2.75) is 26.1 Å². The first-order valence-corrected chi connectivity index (χ1v) is 7.63. The highest BCUT2D eigenvalue weighted by molar-refractivity contribution is 9.08. The standard InChI is InChI=1S/C16H16BrNO3/c1-10-6-11(2)16(8-14(10)18(19)20)21-15-5-4-13(9-17)7-12(15)3/h4-8H,9H2,1-3H3. The van der Waals surface area contributed by atoms with Crippen LogP contribution in [0.15, 0.2) is 30.3 Å². The average Bonchev–Trinajstić information content (AvgIpc) is 2.43. The van der Waals surface area contributed by atoms with Gasteiger partial charge < -0.3 is 4.74 Å². The van der Waals surface area contributed by atoms with Gasteiger partial charge in [-0.05, 0) is 49.6 Å². The van der Waals surface area contributed by atoms with Crippen LogP contribution in [-0.2, 0) is 5.33 Å². The summed E-state index contributed by atoms with van der Waals surface area (Å²) in [6.45, 7) is 5.57. The first kappa shape index (κ1) is 15.5. The van der Waals surface area contributed by atoms with E-state index in [4.69, 9.17) is 4.74 Å². The Bertz CT molecular complexity index is 698. The minimum Gasteiger partial charge on any atom is -0.457 e. The molecule has 0 spiro atoms. The number of hydrogen-bond donors (Lipinski definition) is 0. The molecule has 0 atom stereocenters. The molecular formula is C16H16BrNO3. The van der Waals surface area contributed by atoms with Crippen LogP contribution in [0.1, 0.15) is 22.3 Å². The fourth-order valence-electron chi connectivity index (χ4n) is 2.16. The fourth-order valence-corrected chi connectivity index (χ4v) is 2.50. The zero-order chi connectivity index (χ0) is 15.6. The summed E-state index contributed by atoms with van der Waals surface area (Å²) in [6, 6.07) is 9.15. The number of halogens is 1. The van der Waals surface area contributed by atoms with Crippen molar-refractivity contribution >= 4 is 21.6 Å². The van der Waals surface area contributed by atoms with Crippen LogP contribution in [0, 0.1) is 30.9 Å².